The molecule has 9 heteroatoms. The minimum absolute atomic E-state index is 0.141. The fraction of sp³-hybridized carbons (Fsp3) is 0.698. The van der Waals surface area contributed by atoms with Gasteiger partial charge in [0, 0.05) is 12.8 Å². The van der Waals surface area contributed by atoms with Crippen molar-refractivity contribution in [3.05, 3.63) is 97.2 Å². The third-order valence-corrected chi connectivity index (χ3v) is 12.1. The summed E-state index contributed by atoms with van der Waals surface area (Å²) in [5.41, 5.74) is 0. The molecule has 2 unspecified atom stereocenters. The average molecular weight is 1010 g/mol. The lowest BCUT2D eigenvalue weighted by molar-refractivity contribution is -0.870. The number of esters is 2. The highest BCUT2D eigenvalue weighted by Gasteiger charge is 2.22. The number of quaternary nitrogens is 1. The standard InChI is InChI=1S/C63H107NO8/c1-6-8-10-12-14-16-18-20-22-24-25-26-27-28-29-30-31-32-33-34-35-36-37-38-40-42-44-46-48-50-52-54-61(66)72-59(58-71-63(62(67)68)69-56-55-64(3,4)5)57-70-60(65)53-51-49-47-45-43-41-39-23-21-19-17-15-13-11-9-7-2/h8,10,14,16,20,22,25-26,28-29,31-32,34-35,37-38,59,63H,6-7,9,11-13,15,17-19,21,23-24,27,30,33,36,39-58H2,1-5H3/b10-8-,16-14-,22-20-,26-25-,29-28-,32-31-,35-34-,38-37-. The molecule has 72 heavy (non-hydrogen) atoms. The Labute approximate surface area is 442 Å². The summed E-state index contributed by atoms with van der Waals surface area (Å²) >= 11 is 0. The van der Waals surface area contributed by atoms with Crippen LogP contribution in [-0.2, 0) is 33.3 Å². The van der Waals surface area contributed by atoms with Crippen LogP contribution in [0.4, 0.5) is 0 Å². The highest BCUT2D eigenvalue weighted by molar-refractivity contribution is 5.70. The van der Waals surface area contributed by atoms with E-state index >= 15 is 0 Å². The molecule has 2 atom stereocenters. The number of hydrogen-bond acceptors (Lipinski definition) is 8. The van der Waals surface area contributed by atoms with E-state index in [2.05, 4.69) is 111 Å². The lowest BCUT2D eigenvalue weighted by Crippen LogP contribution is -2.44. The number of likely N-dealkylation sites (N-methyl/N-ethyl adjacent to an activating group) is 1. The van der Waals surface area contributed by atoms with Gasteiger partial charge in [0.2, 0.25) is 0 Å². The minimum atomic E-state index is -1.63. The first-order chi connectivity index (χ1) is 35.1. The van der Waals surface area contributed by atoms with Crippen LogP contribution < -0.4 is 5.11 Å². The third kappa shape index (κ3) is 54.0. The smallest absolute Gasteiger partial charge is 0.306 e. The Balaban J connectivity index is 4.29. The van der Waals surface area contributed by atoms with Crippen molar-refractivity contribution in [3.8, 4) is 0 Å². The molecule has 0 aromatic carbocycles. The van der Waals surface area contributed by atoms with Crippen LogP contribution in [0.1, 0.15) is 226 Å². The molecular weight excluding hydrogens is 899 g/mol. The molecule has 0 fully saturated rings. The molecule has 0 heterocycles. The van der Waals surface area contributed by atoms with E-state index in [0.29, 0.717) is 17.4 Å². The van der Waals surface area contributed by atoms with E-state index in [1.807, 2.05) is 21.1 Å². The zero-order chi connectivity index (χ0) is 52.7. The van der Waals surface area contributed by atoms with Crippen LogP contribution in [0, 0.1) is 0 Å². The Bertz CT molecular complexity index is 1500. The number of allylic oxidation sites excluding steroid dienone is 16. The molecule has 0 aromatic rings. The number of carboxylic acid groups (broad SMARTS) is 1. The predicted molar refractivity (Wildman–Crippen MR) is 301 cm³/mol. The number of ether oxygens (including phenoxy) is 4. The van der Waals surface area contributed by atoms with Crippen molar-refractivity contribution >= 4 is 17.9 Å². The molecule has 0 radical (unpaired) electrons. The number of carbonyl (C=O) groups excluding carboxylic acids is 3. The van der Waals surface area contributed by atoms with Crippen molar-refractivity contribution in [2.75, 3.05) is 47.5 Å². The van der Waals surface area contributed by atoms with Gasteiger partial charge in [-0.2, -0.15) is 0 Å². The van der Waals surface area contributed by atoms with Gasteiger partial charge in [-0.3, -0.25) is 9.59 Å². The van der Waals surface area contributed by atoms with Crippen LogP contribution >= 0.6 is 0 Å². The second kappa shape index (κ2) is 53.5. The van der Waals surface area contributed by atoms with Gasteiger partial charge in [0.1, 0.15) is 13.2 Å². The zero-order valence-corrected chi connectivity index (χ0v) is 46.8. The Hall–Kier alpha value is -3.79. The van der Waals surface area contributed by atoms with Gasteiger partial charge in [-0.15, -0.1) is 0 Å². The summed E-state index contributed by atoms with van der Waals surface area (Å²) in [7, 11) is 5.91. The number of carbonyl (C=O) groups is 3. The fourth-order valence-electron chi connectivity index (χ4n) is 7.67. The summed E-state index contributed by atoms with van der Waals surface area (Å²) in [6, 6.07) is 0. The summed E-state index contributed by atoms with van der Waals surface area (Å²) in [5.74, 6) is -2.31. The van der Waals surface area contributed by atoms with Crippen molar-refractivity contribution in [3.63, 3.8) is 0 Å². The Kier molecular flexibility index (Phi) is 50.7. The van der Waals surface area contributed by atoms with E-state index < -0.39 is 24.3 Å². The minimum Gasteiger partial charge on any atom is -0.545 e. The van der Waals surface area contributed by atoms with Crippen molar-refractivity contribution in [1.29, 1.82) is 0 Å². The largest absolute Gasteiger partial charge is 0.545 e. The molecule has 0 saturated carbocycles. The van der Waals surface area contributed by atoms with Crippen LogP contribution in [-0.4, -0.2) is 82.3 Å². The van der Waals surface area contributed by atoms with E-state index in [1.165, 1.54) is 83.5 Å². The number of nitrogens with zero attached hydrogens (tertiary/aromatic N) is 1. The zero-order valence-electron chi connectivity index (χ0n) is 46.8. The predicted octanol–water partition coefficient (Wildman–Crippen LogP) is 15.6. The number of carboxylic acids is 1. The highest BCUT2D eigenvalue weighted by atomic mass is 16.7. The number of unbranched alkanes of at least 4 members (excludes halogenated alkanes) is 21. The molecule has 0 aliphatic rings. The van der Waals surface area contributed by atoms with Crippen molar-refractivity contribution < 1.29 is 42.9 Å². The Morgan fingerprint density at radius 1 is 0.431 bits per heavy atom. The normalized spacial score (nSPS) is 13.5. The van der Waals surface area contributed by atoms with Gasteiger partial charge < -0.3 is 33.3 Å². The molecular formula is C63H107NO8. The first-order valence-corrected chi connectivity index (χ1v) is 28.9. The van der Waals surface area contributed by atoms with E-state index in [0.717, 1.165) is 109 Å². The molecule has 412 valence electrons. The maximum absolute atomic E-state index is 12.9. The monoisotopic (exact) mass is 1010 g/mol. The molecule has 0 amide bonds. The molecule has 9 nitrogen and oxygen atoms in total. The second-order valence-electron chi connectivity index (χ2n) is 20.2. The molecule has 0 N–H and O–H groups in total. The average Bonchev–Trinajstić information content (AvgIpc) is 3.35. The number of aliphatic carboxylic acids is 1. The quantitative estimate of drug-likeness (QED) is 0.0195. The van der Waals surface area contributed by atoms with Crippen molar-refractivity contribution in [1.82, 2.24) is 0 Å². The van der Waals surface area contributed by atoms with Gasteiger partial charge in [-0.25, -0.2) is 0 Å². The lowest BCUT2D eigenvalue weighted by atomic mass is 10.0. The van der Waals surface area contributed by atoms with E-state index in [-0.39, 0.29) is 38.6 Å². The van der Waals surface area contributed by atoms with E-state index in [4.69, 9.17) is 18.9 Å². The van der Waals surface area contributed by atoms with Crippen LogP contribution in [0.5, 0.6) is 0 Å². The summed E-state index contributed by atoms with van der Waals surface area (Å²) < 4.78 is 22.7. The summed E-state index contributed by atoms with van der Waals surface area (Å²) in [5, 5.41) is 11.8. The first-order valence-electron chi connectivity index (χ1n) is 28.9. The van der Waals surface area contributed by atoms with Gasteiger partial charge in [0.05, 0.1) is 40.3 Å². The van der Waals surface area contributed by atoms with Crippen LogP contribution in [0.2, 0.25) is 0 Å². The molecule has 0 rings (SSSR count). The summed E-state index contributed by atoms with van der Waals surface area (Å²) in [6.45, 7) is 4.62. The third-order valence-electron chi connectivity index (χ3n) is 12.1. The van der Waals surface area contributed by atoms with Crippen LogP contribution in [0.3, 0.4) is 0 Å². The maximum atomic E-state index is 12.9. The van der Waals surface area contributed by atoms with E-state index in [1.54, 1.807) is 0 Å². The molecule has 0 aliphatic heterocycles. The molecule has 0 aliphatic carbocycles. The van der Waals surface area contributed by atoms with E-state index in [9.17, 15) is 19.5 Å². The SMILES string of the molecule is CC/C=C\C/C=C\C/C=C\C/C=C\C/C=C\C/C=C\C/C=C\C/C=C\CCCCCCCCC(=O)OC(COC(=O)CCCCCCCCCCCCCCCCCC)COC(OCC[N+](C)(C)C)C(=O)[O-]. The van der Waals surface area contributed by atoms with Gasteiger partial charge >= 0.3 is 11.9 Å². The van der Waals surface area contributed by atoms with Crippen LogP contribution in [0.15, 0.2) is 97.2 Å². The van der Waals surface area contributed by atoms with Crippen LogP contribution in [0.25, 0.3) is 0 Å². The van der Waals surface area contributed by atoms with Crippen molar-refractivity contribution in [2.45, 2.75) is 238 Å². The van der Waals surface area contributed by atoms with Gasteiger partial charge in [-0.1, -0.05) is 233 Å². The first kappa shape index (κ1) is 68.2. The molecule has 0 bridgehead atoms. The topological polar surface area (TPSA) is 111 Å². The Morgan fingerprint density at radius 3 is 1.18 bits per heavy atom. The fourth-order valence-corrected chi connectivity index (χ4v) is 7.67. The van der Waals surface area contributed by atoms with Gasteiger partial charge in [0.25, 0.3) is 0 Å². The van der Waals surface area contributed by atoms with Crippen molar-refractivity contribution in [2.24, 2.45) is 0 Å². The maximum Gasteiger partial charge on any atom is 0.306 e. The molecule has 0 spiro atoms. The number of rotatable bonds is 52. The highest BCUT2D eigenvalue weighted by Crippen LogP contribution is 2.15. The lowest BCUT2D eigenvalue weighted by Gasteiger charge is -2.26. The summed E-state index contributed by atoms with van der Waals surface area (Å²) in [4.78, 5) is 37.3. The van der Waals surface area contributed by atoms with Gasteiger partial charge in [-0.05, 0) is 77.0 Å². The summed E-state index contributed by atoms with van der Waals surface area (Å²) in [6.07, 6.45) is 68.8. The molecule has 0 saturated heterocycles. The second-order valence-corrected chi connectivity index (χ2v) is 20.2. The van der Waals surface area contributed by atoms with Gasteiger partial charge in [0.15, 0.2) is 12.4 Å². The molecule has 0 aromatic heterocycles. The number of hydrogen-bond donors (Lipinski definition) is 0. The Morgan fingerprint density at radius 2 is 0.792 bits per heavy atom.